The van der Waals surface area contributed by atoms with E-state index in [2.05, 4.69) is 92.9 Å². The van der Waals surface area contributed by atoms with E-state index in [-0.39, 0.29) is 18.7 Å². The molecule has 3 heterocycles. The summed E-state index contributed by atoms with van der Waals surface area (Å²) < 4.78 is 69.7. The highest BCUT2D eigenvalue weighted by molar-refractivity contribution is 6.76. The molecule has 596 valence electrons. The van der Waals surface area contributed by atoms with Crippen LogP contribution in [0.15, 0.2) is 48.5 Å². The number of aliphatic hydroxyl groups excluding tert-OH is 3. The molecule has 0 aliphatic carbocycles. The van der Waals surface area contributed by atoms with E-state index in [9.17, 15) is 15.3 Å². The lowest BCUT2D eigenvalue weighted by molar-refractivity contribution is 0.0553. The van der Waals surface area contributed by atoms with Crippen LogP contribution in [0.3, 0.4) is 0 Å². The van der Waals surface area contributed by atoms with Crippen molar-refractivity contribution in [3.05, 3.63) is 59.7 Å². The maximum atomic E-state index is 11.8. The molecule has 3 aliphatic rings. The summed E-state index contributed by atoms with van der Waals surface area (Å²) in [6.45, 7) is 39.8. The van der Waals surface area contributed by atoms with Gasteiger partial charge in [0.15, 0.2) is 0 Å². The minimum absolute atomic E-state index is 0.0612. The number of hydrogen-bond donors (Lipinski definition) is 7. The van der Waals surface area contributed by atoms with Crippen LogP contribution in [0.1, 0.15) is 215 Å². The molecule has 23 heteroatoms. The Morgan fingerprint density at radius 3 is 1.49 bits per heavy atom. The largest absolute Gasteiger partial charge is 0.500 e. The molecular weight excluding hydrogens is 1360 g/mol. The van der Waals surface area contributed by atoms with Gasteiger partial charge in [-0.3, -0.25) is 0 Å². The standard InChI is InChI=1S/C46H95N3O8Si3.C24H36O4.C9H23NO3Si/c1-11-25-45(51)44(49-32-24-35-60(10,56-14-4)57-15-5)37-46(52)43(48-31-23-34-59(9,54-12-2)55-13-3)29-20-18-16-17-19-26-40-27-21-28-42(36-40)53-39-41(50)38-47-30-22-33-58(6,7)8;1-2-9-21-23(27-21)15-24-22(28-24)13-7-5-3-4-6-10-18-11-8-12-19(14-18)25-16-20-17-26-20;1-4-11-14(12-5-2,13-6-3)9-7-8-10/h21,27-28,36,41,43-52H,11-20,22-26,29-35,37-39H2,1-10H3;8,11-12,14,20-24H,2-7,9-10,13,15-17H2,1H3;4-10H2,1-3H3. The number of unbranched alkanes of at least 4 members (excludes halogenated alkanes) is 8. The fourth-order valence-corrected chi connectivity index (χ4v) is 22.2. The van der Waals surface area contributed by atoms with Crippen LogP contribution in [0, 0.1) is 0 Å². The summed E-state index contributed by atoms with van der Waals surface area (Å²) in [5.74, 6) is 1.79. The van der Waals surface area contributed by atoms with Gasteiger partial charge in [-0.15, -0.1) is 0 Å². The molecule has 2 aromatic rings. The van der Waals surface area contributed by atoms with E-state index in [1.54, 1.807) is 0 Å². The van der Waals surface area contributed by atoms with Crippen molar-refractivity contribution < 1.29 is 70.0 Å². The zero-order chi connectivity index (χ0) is 74.8. The van der Waals surface area contributed by atoms with Crippen molar-refractivity contribution in [1.29, 1.82) is 0 Å². The number of benzene rings is 2. The van der Waals surface area contributed by atoms with Gasteiger partial charge >= 0.3 is 25.9 Å². The summed E-state index contributed by atoms with van der Waals surface area (Å²) in [5.41, 5.74) is 8.13. The van der Waals surface area contributed by atoms with Gasteiger partial charge in [-0.05, 0) is 219 Å². The van der Waals surface area contributed by atoms with Crippen molar-refractivity contribution in [2.24, 2.45) is 5.73 Å². The highest BCUT2D eigenvalue weighted by Gasteiger charge is 2.47. The number of epoxide rings is 3. The van der Waals surface area contributed by atoms with E-state index in [1.807, 2.05) is 66.7 Å². The lowest BCUT2D eigenvalue weighted by Gasteiger charge is -2.32. The number of aryl methyl sites for hydroxylation is 2. The van der Waals surface area contributed by atoms with Gasteiger partial charge in [0.1, 0.15) is 36.9 Å². The monoisotopic (exact) mass is 1510 g/mol. The zero-order valence-corrected chi connectivity index (χ0v) is 71.1. The Balaban J connectivity index is 0.000000519. The molecule has 3 saturated heterocycles. The molecule has 0 saturated carbocycles. The van der Waals surface area contributed by atoms with Gasteiger partial charge in [-0.25, -0.2) is 0 Å². The molecule has 10 unspecified atom stereocenters. The van der Waals surface area contributed by atoms with Crippen molar-refractivity contribution >= 4 is 34.0 Å². The lowest BCUT2D eigenvalue weighted by atomic mass is 9.93. The third kappa shape index (κ3) is 45.3. The summed E-state index contributed by atoms with van der Waals surface area (Å²) in [5, 5.41) is 44.1. The third-order valence-corrected chi connectivity index (χ3v) is 30.2. The van der Waals surface area contributed by atoms with Crippen LogP contribution in [0.4, 0.5) is 0 Å². The molecule has 102 heavy (non-hydrogen) atoms. The van der Waals surface area contributed by atoms with E-state index >= 15 is 0 Å². The number of nitrogens with two attached hydrogens (primary N) is 1. The Labute approximate surface area is 626 Å². The maximum absolute atomic E-state index is 11.8. The van der Waals surface area contributed by atoms with E-state index in [0.717, 1.165) is 146 Å². The summed E-state index contributed by atoms with van der Waals surface area (Å²) in [4.78, 5) is 0. The molecule has 19 nitrogen and oxygen atoms in total. The fraction of sp³-hybridized carbons (Fsp3) is 0.848. The average Bonchev–Trinajstić information content (AvgIpc) is 1.65. The molecule has 0 amide bonds. The van der Waals surface area contributed by atoms with Gasteiger partial charge in [0.25, 0.3) is 0 Å². The van der Waals surface area contributed by atoms with E-state index < -0.39 is 52.3 Å². The first-order chi connectivity index (χ1) is 49.2. The Kier molecular flexibility index (Phi) is 52.3. The van der Waals surface area contributed by atoms with Crippen molar-refractivity contribution in [1.82, 2.24) is 16.0 Å². The minimum atomic E-state index is -2.40. The van der Waals surface area contributed by atoms with Crippen LogP contribution in [0.5, 0.6) is 11.5 Å². The van der Waals surface area contributed by atoms with E-state index in [4.69, 9.17) is 60.4 Å². The van der Waals surface area contributed by atoms with Crippen molar-refractivity contribution in [3.8, 4) is 11.5 Å². The lowest BCUT2D eigenvalue weighted by Crippen LogP contribution is -2.48. The third-order valence-electron chi connectivity index (χ3n) is 19.1. The van der Waals surface area contributed by atoms with Gasteiger partial charge in [0, 0.05) is 85.4 Å². The smallest absolute Gasteiger partial charge is 0.491 e. The number of aliphatic hydroxyl groups is 3. The SMILES string of the molecule is CCCC(O)C(CC(O)C(CCCCCCCc1cccc(OCC(O)CNCCC[Si](C)(C)C)c1)NCCC[Si](C)(OCC)OCC)NCCC[Si](C)(OCC)OCC.CCCC1OC1CC1OC1CCCCCCCc1cccc(OCC2CO2)c1.CCO[Si](CCCN)(OCC)OCC. The molecule has 8 N–H and O–H groups in total. The van der Waals surface area contributed by atoms with Crippen molar-refractivity contribution in [3.63, 3.8) is 0 Å². The Hall–Kier alpha value is -1.77. The fourth-order valence-electron chi connectivity index (χ4n) is 13.5. The second kappa shape index (κ2) is 56.5. The maximum Gasteiger partial charge on any atom is 0.500 e. The van der Waals surface area contributed by atoms with E-state index in [1.165, 1.54) is 68.5 Å². The molecule has 0 aromatic heterocycles. The summed E-state index contributed by atoms with van der Waals surface area (Å²) in [6.07, 6.45) is 26.6. The topological polar surface area (TPSA) is 243 Å². The summed E-state index contributed by atoms with van der Waals surface area (Å²) in [6, 6.07) is 20.5. The molecule has 5 rings (SSSR count). The van der Waals surface area contributed by atoms with Gasteiger partial charge in [0.05, 0.1) is 43.2 Å². The van der Waals surface area contributed by atoms with Crippen LogP contribution in [0.25, 0.3) is 0 Å². The number of ether oxygens (including phenoxy) is 5. The van der Waals surface area contributed by atoms with Gasteiger partial charge in [-0.1, -0.05) is 128 Å². The normalized spacial score (nSPS) is 18.9. The molecule has 0 radical (unpaired) electrons. The number of rotatable bonds is 65. The molecule has 2 aromatic carbocycles. The van der Waals surface area contributed by atoms with Crippen molar-refractivity contribution in [2.45, 2.75) is 334 Å². The van der Waals surface area contributed by atoms with Gasteiger partial charge in [0.2, 0.25) is 0 Å². The second-order valence-corrected chi connectivity index (χ2v) is 44.9. The Morgan fingerprint density at radius 2 is 0.990 bits per heavy atom. The van der Waals surface area contributed by atoms with Crippen LogP contribution in [0.2, 0.25) is 56.9 Å². The predicted molar refractivity (Wildman–Crippen MR) is 428 cm³/mol. The van der Waals surface area contributed by atoms with Gasteiger partial charge < -0.3 is 91.7 Å². The van der Waals surface area contributed by atoms with E-state index in [0.29, 0.717) is 109 Å². The minimum Gasteiger partial charge on any atom is -0.491 e. The van der Waals surface area contributed by atoms with Crippen molar-refractivity contribution in [2.75, 3.05) is 98.8 Å². The highest BCUT2D eigenvalue weighted by atomic mass is 28.4. The average molecular weight is 1510 g/mol. The first-order valence-electron chi connectivity index (χ1n) is 40.9. The second-order valence-electron chi connectivity index (χ2n) is 29.8. The number of hydrogen-bond acceptors (Lipinski definition) is 19. The quantitative estimate of drug-likeness (QED) is 0.0185. The molecular formula is C79H154N4O15Si4. The van der Waals surface area contributed by atoms with Crippen LogP contribution in [-0.2, 0) is 58.0 Å². The molecule has 0 spiro atoms. The molecule has 0 bridgehead atoms. The Bertz CT molecular complexity index is 2290. The van der Waals surface area contributed by atoms with Crippen LogP contribution < -0.4 is 31.2 Å². The Morgan fingerprint density at radius 1 is 0.500 bits per heavy atom. The zero-order valence-electron chi connectivity index (χ0n) is 67.1. The summed E-state index contributed by atoms with van der Waals surface area (Å²) in [7, 11) is -7.84. The summed E-state index contributed by atoms with van der Waals surface area (Å²) >= 11 is 0. The molecule has 3 aliphatic heterocycles. The van der Waals surface area contributed by atoms with Crippen LogP contribution >= 0.6 is 0 Å². The first-order valence-corrected chi connectivity index (χ1v) is 51.6. The van der Waals surface area contributed by atoms with Crippen LogP contribution in [-0.4, -0.2) is 209 Å². The highest BCUT2D eigenvalue weighted by Crippen LogP contribution is 2.39. The molecule has 3 fully saturated rings. The predicted octanol–water partition coefficient (Wildman–Crippen LogP) is 15.0. The number of nitrogens with one attached hydrogen (secondary N) is 3. The first kappa shape index (κ1) is 94.4. The van der Waals surface area contributed by atoms with Gasteiger partial charge in [-0.2, -0.15) is 0 Å². The molecule has 10 atom stereocenters.